The number of rotatable bonds is 3. The van der Waals surface area contributed by atoms with Gasteiger partial charge in [-0.3, -0.25) is 4.98 Å². The Hall–Kier alpha value is -3.24. The maximum atomic E-state index is 5.99. The monoisotopic (exact) mass is 400 g/mol. The number of halogens is 1. The molecule has 0 aliphatic carbocycles. The van der Waals surface area contributed by atoms with Gasteiger partial charge in [0.2, 0.25) is 0 Å². The molecule has 0 amide bonds. The van der Waals surface area contributed by atoms with E-state index in [-0.39, 0.29) is 0 Å². The smallest absolute Gasteiger partial charge is 0.153 e. The number of imidazole rings is 1. The summed E-state index contributed by atoms with van der Waals surface area (Å²) in [6.07, 6.45) is 4.46. The molecule has 0 spiro atoms. The van der Waals surface area contributed by atoms with Crippen LogP contribution in [0, 0.1) is 0 Å². The molecule has 3 heterocycles. The number of hydrogen-bond acceptors (Lipinski definition) is 3. The van der Waals surface area contributed by atoms with Crippen molar-refractivity contribution < 1.29 is 0 Å². The van der Waals surface area contributed by atoms with Crippen LogP contribution in [-0.4, -0.2) is 19.6 Å². The van der Waals surface area contributed by atoms with Crippen molar-refractivity contribution in [2.45, 2.75) is 20.3 Å². The van der Waals surface area contributed by atoms with Crippen LogP contribution in [0.5, 0.6) is 0 Å². The van der Waals surface area contributed by atoms with Crippen LogP contribution in [-0.2, 0) is 6.42 Å². The molecule has 0 saturated heterocycles. The Morgan fingerprint density at radius 3 is 2.55 bits per heavy atom. The summed E-state index contributed by atoms with van der Waals surface area (Å²) in [6.45, 7) is 4.00. The van der Waals surface area contributed by atoms with E-state index in [1.165, 1.54) is 5.56 Å². The Balaban J connectivity index is 0.000000994. The van der Waals surface area contributed by atoms with E-state index in [4.69, 9.17) is 16.7 Å². The number of nitrogens with zero attached hydrogens (tertiary/aromatic N) is 4. The molecule has 0 atom stereocenters. The molecule has 0 N–H and O–H groups in total. The van der Waals surface area contributed by atoms with Gasteiger partial charge in [-0.25, -0.2) is 9.50 Å². The zero-order chi connectivity index (χ0) is 20.2. The summed E-state index contributed by atoms with van der Waals surface area (Å²) in [5.41, 5.74) is 6.01. The van der Waals surface area contributed by atoms with Crippen molar-refractivity contribution in [3.63, 3.8) is 0 Å². The maximum Gasteiger partial charge on any atom is 0.153 e. The second-order valence-electron chi connectivity index (χ2n) is 6.45. The minimum Gasteiger partial charge on any atom is -0.256 e. The van der Waals surface area contributed by atoms with Crippen LogP contribution in [0.25, 0.3) is 27.8 Å². The summed E-state index contributed by atoms with van der Waals surface area (Å²) >= 11 is 5.99. The minimum atomic E-state index is 0.717. The highest BCUT2D eigenvalue weighted by molar-refractivity contribution is 6.30. The van der Waals surface area contributed by atoms with Crippen molar-refractivity contribution in [3.05, 3.63) is 95.4 Å². The minimum absolute atomic E-state index is 0.717. The number of benzene rings is 2. The first-order valence-electron chi connectivity index (χ1n) is 9.69. The van der Waals surface area contributed by atoms with Crippen molar-refractivity contribution in [2.24, 2.45) is 0 Å². The lowest BCUT2D eigenvalue weighted by molar-refractivity contribution is 0.876. The van der Waals surface area contributed by atoms with Gasteiger partial charge in [-0.2, -0.15) is 5.10 Å². The molecule has 5 aromatic rings. The molecular formula is C24H21ClN4. The molecule has 0 saturated carbocycles. The van der Waals surface area contributed by atoms with Crippen molar-refractivity contribution in [1.82, 2.24) is 19.6 Å². The fourth-order valence-electron chi connectivity index (χ4n) is 3.26. The fraction of sp³-hybridized carbons (Fsp3) is 0.125. The van der Waals surface area contributed by atoms with Crippen LogP contribution in [0.15, 0.2) is 79.1 Å². The molecule has 0 bridgehead atoms. The van der Waals surface area contributed by atoms with Crippen molar-refractivity contribution in [1.29, 1.82) is 0 Å². The van der Waals surface area contributed by atoms with Crippen LogP contribution >= 0.6 is 11.6 Å². The van der Waals surface area contributed by atoms with Crippen LogP contribution in [0.3, 0.4) is 0 Å². The third-order valence-electron chi connectivity index (χ3n) is 4.63. The summed E-state index contributed by atoms with van der Waals surface area (Å²) in [7, 11) is 0. The molecule has 5 rings (SSSR count). The van der Waals surface area contributed by atoms with E-state index in [0.29, 0.717) is 5.02 Å². The highest BCUT2D eigenvalue weighted by Gasteiger charge is 2.09. The summed E-state index contributed by atoms with van der Waals surface area (Å²) in [5.74, 6) is 0. The van der Waals surface area contributed by atoms with Gasteiger partial charge in [0, 0.05) is 28.6 Å². The van der Waals surface area contributed by atoms with Gasteiger partial charge in [-0.15, -0.1) is 0 Å². The molecule has 0 fully saturated rings. The topological polar surface area (TPSA) is 43.1 Å². The molecule has 5 heteroatoms. The molecule has 0 unspecified atom stereocenters. The van der Waals surface area contributed by atoms with E-state index < -0.39 is 0 Å². The first-order valence-corrected chi connectivity index (χ1v) is 10.1. The molecule has 0 radical (unpaired) electrons. The van der Waals surface area contributed by atoms with Gasteiger partial charge in [0.05, 0.1) is 23.1 Å². The van der Waals surface area contributed by atoms with E-state index in [2.05, 4.69) is 34.2 Å². The Morgan fingerprint density at radius 2 is 1.72 bits per heavy atom. The van der Waals surface area contributed by atoms with Gasteiger partial charge in [-0.05, 0) is 48.0 Å². The van der Waals surface area contributed by atoms with Gasteiger partial charge < -0.3 is 0 Å². The molecule has 2 aromatic carbocycles. The van der Waals surface area contributed by atoms with Gasteiger partial charge in [-0.1, -0.05) is 49.7 Å². The van der Waals surface area contributed by atoms with E-state index in [1.54, 1.807) is 0 Å². The second-order valence-corrected chi connectivity index (χ2v) is 6.89. The molecule has 0 aliphatic heterocycles. The molecule has 3 aromatic heterocycles. The molecule has 29 heavy (non-hydrogen) atoms. The standard InChI is InChI=1S/C22H15ClN4.C2H6/c23-18-6-4-16(5-7-18)21-9-10-22-25-14-19(27(22)26-21)13-15-3-8-20-17(12-15)2-1-11-24-20;1-2/h1-12,14H,13H2;1-2H3. The third-order valence-corrected chi connectivity index (χ3v) is 4.88. The Bertz CT molecular complexity index is 1260. The maximum absolute atomic E-state index is 5.99. The third kappa shape index (κ3) is 3.98. The van der Waals surface area contributed by atoms with Gasteiger partial charge in [0.15, 0.2) is 5.65 Å². The van der Waals surface area contributed by atoms with Crippen LogP contribution in [0.4, 0.5) is 0 Å². The Labute approximate surface area is 174 Å². The fourth-order valence-corrected chi connectivity index (χ4v) is 3.39. The van der Waals surface area contributed by atoms with Crippen molar-refractivity contribution >= 4 is 28.2 Å². The van der Waals surface area contributed by atoms with Gasteiger partial charge in [0.1, 0.15) is 0 Å². The summed E-state index contributed by atoms with van der Waals surface area (Å²) in [5, 5.41) is 6.65. The Morgan fingerprint density at radius 1 is 0.897 bits per heavy atom. The number of fused-ring (bicyclic) bond motifs is 2. The summed E-state index contributed by atoms with van der Waals surface area (Å²) < 4.78 is 1.91. The van der Waals surface area contributed by atoms with Crippen molar-refractivity contribution in [2.75, 3.05) is 0 Å². The van der Waals surface area contributed by atoms with Gasteiger partial charge >= 0.3 is 0 Å². The molecular weight excluding hydrogens is 380 g/mol. The number of hydrogen-bond donors (Lipinski definition) is 0. The predicted octanol–water partition coefficient (Wildman–Crippen LogP) is 6.21. The number of pyridine rings is 1. The molecule has 0 aliphatic rings. The highest BCUT2D eigenvalue weighted by Crippen LogP contribution is 2.21. The quantitative estimate of drug-likeness (QED) is 0.361. The number of aromatic nitrogens is 4. The van der Waals surface area contributed by atoms with Crippen LogP contribution < -0.4 is 0 Å². The SMILES string of the molecule is CC.Clc1ccc(-c2ccc3ncc(Cc4ccc5ncccc5c4)n3n2)cc1. The highest BCUT2D eigenvalue weighted by atomic mass is 35.5. The zero-order valence-corrected chi connectivity index (χ0v) is 17.1. The van der Waals surface area contributed by atoms with E-state index >= 15 is 0 Å². The average Bonchev–Trinajstić information content (AvgIpc) is 3.17. The van der Waals surface area contributed by atoms with E-state index in [9.17, 15) is 0 Å². The predicted molar refractivity (Wildman–Crippen MR) is 119 cm³/mol. The average molecular weight is 401 g/mol. The normalized spacial score (nSPS) is 10.7. The zero-order valence-electron chi connectivity index (χ0n) is 16.4. The van der Waals surface area contributed by atoms with Crippen LogP contribution in [0.2, 0.25) is 5.02 Å². The Kier molecular flexibility index (Phi) is 5.54. The largest absolute Gasteiger partial charge is 0.256 e. The van der Waals surface area contributed by atoms with Crippen LogP contribution in [0.1, 0.15) is 25.1 Å². The summed E-state index contributed by atoms with van der Waals surface area (Å²) in [6, 6.07) is 22.1. The first kappa shape index (κ1) is 19.1. The van der Waals surface area contributed by atoms with E-state index in [0.717, 1.165) is 39.9 Å². The van der Waals surface area contributed by atoms with Gasteiger partial charge in [0.25, 0.3) is 0 Å². The summed E-state index contributed by atoms with van der Waals surface area (Å²) in [4.78, 5) is 8.87. The van der Waals surface area contributed by atoms with E-state index in [1.807, 2.05) is 73.2 Å². The van der Waals surface area contributed by atoms with Crippen molar-refractivity contribution in [3.8, 4) is 11.3 Å². The second kappa shape index (κ2) is 8.41. The molecule has 144 valence electrons. The lowest BCUT2D eigenvalue weighted by atomic mass is 10.1. The molecule has 4 nitrogen and oxygen atoms in total. The lowest BCUT2D eigenvalue weighted by Crippen LogP contribution is -2.00. The lowest BCUT2D eigenvalue weighted by Gasteiger charge is -2.06. The first-order chi connectivity index (χ1) is 14.3.